The minimum atomic E-state index is -0.367. The van der Waals surface area contributed by atoms with E-state index in [9.17, 15) is 9.59 Å². The molecule has 0 bridgehead atoms. The molecule has 0 fully saturated rings. The summed E-state index contributed by atoms with van der Waals surface area (Å²) in [5.74, 6) is 0.937. The summed E-state index contributed by atoms with van der Waals surface area (Å²) in [6.45, 7) is 6.32. The average molecular weight is 428 g/mol. The van der Waals surface area contributed by atoms with Crippen LogP contribution in [-0.2, 0) is 16.0 Å². The third-order valence-corrected chi connectivity index (χ3v) is 5.41. The first-order valence-electron chi connectivity index (χ1n) is 10.3. The predicted molar refractivity (Wildman–Crippen MR) is 123 cm³/mol. The molecule has 31 heavy (non-hydrogen) atoms. The Morgan fingerprint density at radius 1 is 1.03 bits per heavy atom. The van der Waals surface area contributed by atoms with E-state index in [0.29, 0.717) is 18.0 Å². The number of carbonyl (C=O) groups is 2. The van der Waals surface area contributed by atoms with E-state index in [2.05, 4.69) is 10.6 Å². The van der Waals surface area contributed by atoms with Crippen LogP contribution in [-0.4, -0.2) is 57.1 Å². The number of amides is 2. The van der Waals surface area contributed by atoms with Crippen molar-refractivity contribution in [3.8, 4) is 11.5 Å². The SMILES string of the molecule is COc1ccc(CCN(C)[C@@H](C)C(=O)NCC(=O)Nc2c(C)cccc2C)cc1OC. The van der Waals surface area contributed by atoms with Crippen LogP contribution in [0.5, 0.6) is 11.5 Å². The van der Waals surface area contributed by atoms with Crippen LogP contribution < -0.4 is 20.1 Å². The van der Waals surface area contributed by atoms with Crippen molar-refractivity contribution in [2.45, 2.75) is 33.2 Å². The molecule has 1 atom stereocenters. The topological polar surface area (TPSA) is 79.9 Å². The van der Waals surface area contributed by atoms with E-state index in [1.807, 2.05) is 69.1 Å². The Labute approximate surface area is 184 Å². The van der Waals surface area contributed by atoms with Crippen molar-refractivity contribution in [3.05, 3.63) is 53.1 Å². The number of methoxy groups -OCH3 is 2. The normalized spacial score (nSPS) is 11.7. The van der Waals surface area contributed by atoms with E-state index in [1.165, 1.54) is 0 Å². The van der Waals surface area contributed by atoms with Crippen LogP contribution in [0.2, 0.25) is 0 Å². The van der Waals surface area contributed by atoms with Crippen LogP contribution in [0.4, 0.5) is 5.69 Å². The van der Waals surface area contributed by atoms with Crippen LogP contribution in [0.15, 0.2) is 36.4 Å². The number of aryl methyl sites for hydroxylation is 2. The maximum absolute atomic E-state index is 12.5. The minimum absolute atomic E-state index is 0.0690. The smallest absolute Gasteiger partial charge is 0.243 e. The first kappa shape index (κ1) is 24.2. The molecule has 0 saturated carbocycles. The lowest BCUT2D eigenvalue weighted by atomic mass is 10.1. The van der Waals surface area contributed by atoms with Crippen molar-refractivity contribution in [2.24, 2.45) is 0 Å². The molecule has 0 aliphatic carbocycles. The summed E-state index contributed by atoms with van der Waals surface area (Å²) in [6, 6.07) is 11.3. The van der Waals surface area contributed by atoms with E-state index in [-0.39, 0.29) is 24.4 Å². The fourth-order valence-electron chi connectivity index (χ4n) is 3.25. The molecule has 2 N–H and O–H groups in total. The van der Waals surface area contributed by atoms with Crippen LogP contribution >= 0.6 is 0 Å². The first-order chi connectivity index (χ1) is 14.8. The highest BCUT2D eigenvalue weighted by molar-refractivity contribution is 5.96. The molecule has 2 aromatic carbocycles. The molecule has 2 aromatic rings. The van der Waals surface area contributed by atoms with Gasteiger partial charge in [0.25, 0.3) is 0 Å². The van der Waals surface area contributed by atoms with Crippen LogP contribution in [0, 0.1) is 13.8 Å². The van der Waals surface area contributed by atoms with Crippen LogP contribution in [0.25, 0.3) is 0 Å². The summed E-state index contributed by atoms with van der Waals surface area (Å²) in [5.41, 5.74) is 3.86. The zero-order valence-corrected chi connectivity index (χ0v) is 19.2. The van der Waals surface area contributed by atoms with E-state index in [0.717, 1.165) is 28.8 Å². The van der Waals surface area contributed by atoms with Gasteiger partial charge in [0.1, 0.15) is 0 Å². The molecule has 0 aromatic heterocycles. The number of hydrogen-bond acceptors (Lipinski definition) is 5. The summed E-state index contributed by atoms with van der Waals surface area (Å²) in [6.07, 6.45) is 0.752. The largest absolute Gasteiger partial charge is 0.493 e. The number of carbonyl (C=O) groups excluding carboxylic acids is 2. The zero-order valence-electron chi connectivity index (χ0n) is 19.2. The molecular weight excluding hydrogens is 394 g/mol. The minimum Gasteiger partial charge on any atom is -0.493 e. The number of rotatable bonds is 10. The van der Waals surface area contributed by atoms with Gasteiger partial charge in [-0.25, -0.2) is 0 Å². The highest BCUT2D eigenvalue weighted by atomic mass is 16.5. The second kappa shape index (κ2) is 11.4. The van der Waals surface area contributed by atoms with Crippen molar-refractivity contribution < 1.29 is 19.1 Å². The van der Waals surface area contributed by atoms with E-state index < -0.39 is 0 Å². The number of para-hydroxylation sites is 1. The highest BCUT2D eigenvalue weighted by Crippen LogP contribution is 2.27. The number of nitrogens with one attached hydrogen (secondary N) is 2. The maximum atomic E-state index is 12.5. The molecule has 168 valence electrons. The third kappa shape index (κ3) is 6.72. The summed E-state index contributed by atoms with van der Waals surface area (Å²) < 4.78 is 10.6. The monoisotopic (exact) mass is 427 g/mol. The number of anilines is 1. The Hall–Kier alpha value is -3.06. The standard InChI is InChI=1S/C24H33N3O4/c1-16-8-7-9-17(2)23(16)26-22(28)15-25-24(29)18(3)27(4)13-12-19-10-11-20(30-5)21(14-19)31-6/h7-11,14,18H,12-13,15H2,1-6H3,(H,25,29)(H,26,28)/t18-/m0/s1. The number of nitrogens with zero attached hydrogens (tertiary/aromatic N) is 1. The Morgan fingerprint density at radius 3 is 2.29 bits per heavy atom. The third-order valence-electron chi connectivity index (χ3n) is 5.41. The summed E-state index contributed by atoms with van der Waals surface area (Å²) >= 11 is 0. The molecule has 0 saturated heterocycles. The van der Waals surface area contributed by atoms with E-state index in [4.69, 9.17) is 9.47 Å². The van der Waals surface area contributed by atoms with Gasteiger partial charge < -0.3 is 20.1 Å². The van der Waals surface area contributed by atoms with Crippen LogP contribution in [0.1, 0.15) is 23.6 Å². The quantitative estimate of drug-likeness (QED) is 0.609. The van der Waals surface area contributed by atoms with Gasteiger partial charge in [0.15, 0.2) is 11.5 Å². The molecule has 0 heterocycles. The van der Waals surface area contributed by atoms with Gasteiger partial charge in [-0.05, 0) is 63.1 Å². The Balaban J connectivity index is 1.83. The molecule has 0 unspecified atom stereocenters. The first-order valence-corrected chi connectivity index (χ1v) is 10.3. The summed E-state index contributed by atoms with van der Waals surface area (Å²) in [5, 5.41) is 5.60. The molecule has 0 aliphatic heterocycles. The number of likely N-dealkylation sites (N-methyl/N-ethyl adjacent to an activating group) is 1. The second-order valence-corrected chi connectivity index (χ2v) is 7.63. The van der Waals surface area contributed by atoms with E-state index in [1.54, 1.807) is 14.2 Å². The van der Waals surface area contributed by atoms with Crippen LogP contribution in [0.3, 0.4) is 0 Å². The van der Waals surface area contributed by atoms with Crippen molar-refractivity contribution in [3.63, 3.8) is 0 Å². The fraction of sp³-hybridized carbons (Fsp3) is 0.417. The molecule has 2 rings (SSSR count). The zero-order chi connectivity index (χ0) is 23.0. The van der Waals surface area contributed by atoms with Crippen molar-refractivity contribution in [1.29, 1.82) is 0 Å². The lowest BCUT2D eigenvalue weighted by Gasteiger charge is -2.24. The molecule has 0 spiro atoms. The number of ether oxygens (including phenoxy) is 2. The Kier molecular flexibility index (Phi) is 8.88. The predicted octanol–water partition coefficient (Wildman–Crippen LogP) is 2.94. The molecule has 0 aliphatic rings. The van der Waals surface area contributed by atoms with Crippen molar-refractivity contribution in [1.82, 2.24) is 10.2 Å². The van der Waals surface area contributed by atoms with Crippen molar-refractivity contribution in [2.75, 3.05) is 39.7 Å². The maximum Gasteiger partial charge on any atom is 0.243 e. The van der Waals surface area contributed by atoms with Gasteiger partial charge in [-0.3, -0.25) is 14.5 Å². The Morgan fingerprint density at radius 2 is 1.68 bits per heavy atom. The van der Waals surface area contributed by atoms with Gasteiger partial charge in [0.2, 0.25) is 11.8 Å². The highest BCUT2D eigenvalue weighted by Gasteiger charge is 2.19. The van der Waals surface area contributed by atoms with Gasteiger partial charge in [0.05, 0.1) is 26.8 Å². The van der Waals surface area contributed by atoms with Gasteiger partial charge in [0, 0.05) is 12.2 Å². The molecule has 2 amide bonds. The van der Waals surface area contributed by atoms with Crippen molar-refractivity contribution >= 4 is 17.5 Å². The number of hydrogen-bond donors (Lipinski definition) is 2. The van der Waals surface area contributed by atoms with Gasteiger partial charge in [-0.1, -0.05) is 24.3 Å². The lowest BCUT2D eigenvalue weighted by Crippen LogP contribution is -2.46. The van der Waals surface area contributed by atoms with Gasteiger partial charge in [-0.15, -0.1) is 0 Å². The molecular formula is C24H33N3O4. The second-order valence-electron chi connectivity index (χ2n) is 7.63. The Bertz CT molecular complexity index is 893. The number of benzene rings is 2. The van der Waals surface area contributed by atoms with Gasteiger partial charge in [-0.2, -0.15) is 0 Å². The van der Waals surface area contributed by atoms with E-state index >= 15 is 0 Å². The molecule has 7 nitrogen and oxygen atoms in total. The molecule has 7 heteroatoms. The fourth-order valence-corrected chi connectivity index (χ4v) is 3.25. The summed E-state index contributed by atoms with van der Waals surface area (Å²) in [4.78, 5) is 26.7. The molecule has 0 radical (unpaired) electrons. The van der Waals surface area contributed by atoms with Gasteiger partial charge >= 0.3 is 0 Å². The lowest BCUT2D eigenvalue weighted by molar-refractivity contribution is -0.127. The average Bonchev–Trinajstić information content (AvgIpc) is 2.77. The summed E-state index contributed by atoms with van der Waals surface area (Å²) in [7, 11) is 5.10.